The van der Waals surface area contributed by atoms with Gasteiger partial charge in [0.25, 0.3) is 0 Å². The third-order valence-corrected chi connectivity index (χ3v) is 3.76. The van der Waals surface area contributed by atoms with Crippen LogP contribution in [0.25, 0.3) is 0 Å². The molecule has 6 heteroatoms. The fourth-order valence-corrected chi connectivity index (χ4v) is 2.53. The first-order valence-corrected chi connectivity index (χ1v) is 7.71. The van der Waals surface area contributed by atoms with E-state index in [1.807, 2.05) is 24.3 Å². The predicted octanol–water partition coefficient (Wildman–Crippen LogP) is 2.92. The number of nitrogens with zero attached hydrogens (tertiary/aromatic N) is 2. The monoisotopic (exact) mass is 418 g/mol. The van der Waals surface area contributed by atoms with E-state index < -0.39 is 0 Å². The molecule has 0 aliphatic carbocycles. The largest absolute Gasteiger partial charge is 0.497 e. The van der Waals surface area contributed by atoms with E-state index in [9.17, 15) is 0 Å². The lowest BCUT2D eigenvalue weighted by Gasteiger charge is -2.18. The standard InChI is InChI=1S/C16H26N4O.HI/c1-21-15-8-6-14(7-9-15)19-16(17)18-10-13-20-11-4-2-3-5-12-20;/h6-9H,2-5,10-13H2,1H3,(H3,17,18,19);1H. The van der Waals surface area contributed by atoms with E-state index >= 15 is 0 Å². The molecular formula is C16H27IN4O. The molecule has 1 aliphatic heterocycles. The lowest BCUT2D eigenvalue weighted by atomic mass is 10.2. The fourth-order valence-electron chi connectivity index (χ4n) is 2.53. The number of nitrogens with one attached hydrogen (secondary N) is 1. The van der Waals surface area contributed by atoms with Crippen LogP contribution in [0.5, 0.6) is 5.75 Å². The molecule has 1 heterocycles. The predicted molar refractivity (Wildman–Crippen MR) is 103 cm³/mol. The summed E-state index contributed by atoms with van der Waals surface area (Å²) in [7, 11) is 1.65. The molecule has 3 N–H and O–H groups in total. The first-order chi connectivity index (χ1) is 10.3. The number of nitrogens with two attached hydrogens (primary N) is 1. The van der Waals surface area contributed by atoms with Gasteiger partial charge in [0.15, 0.2) is 5.96 Å². The third-order valence-electron chi connectivity index (χ3n) is 3.76. The summed E-state index contributed by atoms with van der Waals surface area (Å²) >= 11 is 0. The van der Waals surface area contributed by atoms with E-state index in [0.717, 1.165) is 24.5 Å². The number of halogens is 1. The highest BCUT2D eigenvalue weighted by molar-refractivity contribution is 14.0. The van der Waals surface area contributed by atoms with Crippen molar-refractivity contribution < 1.29 is 4.74 Å². The minimum atomic E-state index is 0. The molecule has 0 spiro atoms. The van der Waals surface area contributed by atoms with Crippen molar-refractivity contribution in [2.45, 2.75) is 25.7 Å². The van der Waals surface area contributed by atoms with E-state index in [2.05, 4.69) is 15.2 Å². The van der Waals surface area contributed by atoms with Crippen LogP contribution < -0.4 is 15.8 Å². The molecule has 0 unspecified atom stereocenters. The molecule has 1 aromatic rings. The SMILES string of the molecule is COc1ccc(NC(N)=NCCN2CCCCCC2)cc1.I. The molecule has 1 saturated heterocycles. The highest BCUT2D eigenvalue weighted by Gasteiger charge is 2.07. The molecule has 1 aromatic carbocycles. The fraction of sp³-hybridized carbons (Fsp3) is 0.562. The van der Waals surface area contributed by atoms with Crippen molar-refractivity contribution in [3.05, 3.63) is 24.3 Å². The van der Waals surface area contributed by atoms with Gasteiger partial charge in [-0.25, -0.2) is 0 Å². The van der Waals surface area contributed by atoms with Crippen molar-refractivity contribution >= 4 is 35.6 Å². The summed E-state index contributed by atoms with van der Waals surface area (Å²) in [5, 5.41) is 3.10. The van der Waals surface area contributed by atoms with Gasteiger partial charge in [-0.3, -0.25) is 4.99 Å². The second-order valence-corrected chi connectivity index (χ2v) is 5.38. The van der Waals surface area contributed by atoms with E-state index in [1.54, 1.807) is 7.11 Å². The zero-order valence-corrected chi connectivity index (χ0v) is 15.6. The van der Waals surface area contributed by atoms with Crippen molar-refractivity contribution in [3.8, 4) is 5.75 Å². The number of anilines is 1. The molecule has 0 bridgehead atoms. The quantitative estimate of drug-likeness (QED) is 0.439. The topological polar surface area (TPSA) is 62.9 Å². The number of hydrogen-bond donors (Lipinski definition) is 2. The van der Waals surface area contributed by atoms with E-state index in [-0.39, 0.29) is 24.0 Å². The normalized spacial score (nSPS) is 16.5. The average molecular weight is 418 g/mol. The number of guanidine groups is 1. The van der Waals surface area contributed by atoms with Gasteiger partial charge in [0.2, 0.25) is 0 Å². The molecule has 2 rings (SSSR count). The van der Waals surface area contributed by atoms with Crippen LogP contribution in [0.15, 0.2) is 29.3 Å². The second kappa shape index (κ2) is 10.7. The Hall–Kier alpha value is -1.02. The van der Waals surface area contributed by atoms with Crippen LogP contribution in [-0.2, 0) is 0 Å². The Morgan fingerprint density at radius 1 is 1.18 bits per heavy atom. The zero-order valence-electron chi connectivity index (χ0n) is 13.3. The van der Waals surface area contributed by atoms with E-state index in [4.69, 9.17) is 10.5 Å². The summed E-state index contributed by atoms with van der Waals surface area (Å²) in [4.78, 5) is 6.88. The number of aliphatic imine (C=N–C) groups is 1. The summed E-state index contributed by atoms with van der Waals surface area (Å²) in [6.45, 7) is 4.13. The van der Waals surface area contributed by atoms with Gasteiger partial charge in [-0.05, 0) is 50.2 Å². The molecule has 0 atom stereocenters. The third kappa shape index (κ3) is 6.83. The van der Waals surface area contributed by atoms with Gasteiger partial charge in [0, 0.05) is 12.2 Å². The van der Waals surface area contributed by atoms with Crippen molar-refractivity contribution in [1.29, 1.82) is 0 Å². The minimum Gasteiger partial charge on any atom is -0.497 e. The molecule has 0 radical (unpaired) electrons. The first-order valence-electron chi connectivity index (χ1n) is 7.71. The van der Waals surface area contributed by atoms with Crippen LogP contribution in [0.4, 0.5) is 5.69 Å². The van der Waals surface area contributed by atoms with Gasteiger partial charge < -0.3 is 20.7 Å². The Bertz CT molecular complexity index is 442. The molecule has 0 amide bonds. The summed E-state index contributed by atoms with van der Waals surface area (Å²) in [5.41, 5.74) is 6.83. The number of rotatable bonds is 5. The Labute approximate surface area is 150 Å². The smallest absolute Gasteiger partial charge is 0.193 e. The minimum absolute atomic E-state index is 0. The second-order valence-electron chi connectivity index (χ2n) is 5.38. The van der Waals surface area contributed by atoms with E-state index in [1.165, 1.54) is 38.8 Å². The Balaban J connectivity index is 0.00000242. The highest BCUT2D eigenvalue weighted by atomic mass is 127. The molecule has 124 valence electrons. The molecular weight excluding hydrogens is 391 g/mol. The van der Waals surface area contributed by atoms with Gasteiger partial charge >= 0.3 is 0 Å². The number of hydrogen-bond acceptors (Lipinski definition) is 3. The van der Waals surface area contributed by atoms with Crippen LogP contribution >= 0.6 is 24.0 Å². The molecule has 22 heavy (non-hydrogen) atoms. The molecule has 1 aliphatic rings. The Kier molecular flexibility index (Phi) is 9.22. The van der Waals surface area contributed by atoms with Crippen molar-refractivity contribution in [1.82, 2.24) is 4.90 Å². The maximum Gasteiger partial charge on any atom is 0.193 e. The summed E-state index contributed by atoms with van der Waals surface area (Å²) in [6.07, 6.45) is 5.34. The van der Waals surface area contributed by atoms with Gasteiger partial charge in [0.05, 0.1) is 13.7 Å². The van der Waals surface area contributed by atoms with Gasteiger partial charge in [-0.2, -0.15) is 0 Å². The number of likely N-dealkylation sites (tertiary alicyclic amines) is 1. The van der Waals surface area contributed by atoms with Crippen molar-refractivity contribution in [2.24, 2.45) is 10.7 Å². The molecule has 5 nitrogen and oxygen atoms in total. The van der Waals surface area contributed by atoms with Crippen LogP contribution in [0.3, 0.4) is 0 Å². The summed E-state index contributed by atoms with van der Waals surface area (Å²) in [5.74, 6) is 1.30. The number of methoxy groups -OCH3 is 1. The average Bonchev–Trinajstić information content (AvgIpc) is 2.77. The van der Waals surface area contributed by atoms with Crippen LogP contribution in [0, 0.1) is 0 Å². The molecule has 1 fully saturated rings. The van der Waals surface area contributed by atoms with Crippen molar-refractivity contribution in [2.75, 3.05) is 38.6 Å². The molecule has 0 aromatic heterocycles. The zero-order chi connectivity index (χ0) is 14.9. The highest BCUT2D eigenvalue weighted by Crippen LogP contribution is 2.14. The first kappa shape index (κ1) is 19.0. The van der Waals surface area contributed by atoms with Crippen LogP contribution in [0.2, 0.25) is 0 Å². The maximum absolute atomic E-state index is 5.91. The summed E-state index contributed by atoms with van der Waals surface area (Å²) in [6, 6.07) is 7.64. The lowest BCUT2D eigenvalue weighted by molar-refractivity contribution is 0.293. The van der Waals surface area contributed by atoms with Crippen molar-refractivity contribution in [3.63, 3.8) is 0 Å². The Morgan fingerprint density at radius 2 is 1.82 bits per heavy atom. The summed E-state index contributed by atoms with van der Waals surface area (Å²) < 4.78 is 5.12. The Morgan fingerprint density at radius 3 is 2.41 bits per heavy atom. The lowest BCUT2D eigenvalue weighted by Crippen LogP contribution is -2.29. The maximum atomic E-state index is 5.91. The number of benzene rings is 1. The van der Waals surface area contributed by atoms with Crippen LogP contribution in [-0.4, -0.2) is 44.1 Å². The van der Waals surface area contributed by atoms with E-state index in [0.29, 0.717) is 5.96 Å². The number of ether oxygens (including phenoxy) is 1. The van der Waals surface area contributed by atoms with Gasteiger partial charge in [0.1, 0.15) is 5.75 Å². The molecule has 0 saturated carbocycles. The van der Waals surface area contributed by atoms with Gasteiger partial charge in [-0.1, -0.05) is 12.8 Å². The van der Waals surface area contributed by atoms with Crippen LogP contribution in [0.1, 0.15) is 25.7 Å². The van der Waals surface area contributed by atoms with Gasteiger partial charge in [-0.15, -0.1) is 24.0 Å².